The van der Waals surface area contributed by atoms with Crippen LogP contribution in [0.3, 0.4) is 0 Å². The molecule has 2 N–H and O–H groups in total. The van der Waals surface area contributed by atoms with E-state index in [9.17, 15) is 9.90 Å². The fraction of sp³-hybridized carbons (Fsp3) is 0.722. The number of aliphatic hydroxyl groups is 1. The molecule has 1 saturated carbocycles. The summed E-state index contributed by atoms with van der Waals surface area (Å²) in [6.45, 7) is 3.57. The molecule has 0 radical (unpaired) electrons. The number of carbonyl (C=O) groups is 1. The number of nitrogens with zero attached hydrogens (tertiary/aromatic N) is 2. The Bertz CT molecular complexity index is 530. The van der Waals surface area contributed by atoms with Gasteiger partial charge in [0.05, 0.1) is 6.26 Å². The number of carbonyl (C=O) groups excluding carboxylic acids is 1. The molecule has 0 aromatic carbocycles. The van der Waals surface area contributed by atoms with Crippen molar-refractivity contribution < 1.29 is 14.3 Å². The van der Waals surface area contributed by atoms with Crippen LogP contribution in [-0.4, -0.2) is 59.2 Å². The Morgan fingerprint density at radius 3 is 2.96 bits per heavy atom. The molecule has 0 unspecified atom stereocenters. The molecule has 2 amide bonds. The van der Waals surface area contributed by atoms with Gasteiger partial charge in [0.2, 0.25) is 0 Å². The monoisotopic (exact) mass is 335 g/mol. The summed E-state index contributed by atoms with van der Waals surface area (Å²) in [7, 11) is 2.13. The zero-order valence-corrected chi connectivity index (χ0v) is 14.6. The molecule has 0 spiro atoms. The molecule has 6 nitrogen and oxygen atoms in total. The zero-order valence-electron chi connectivity index (χ0n) is 14.6. The van der Waals surface area contributed by atoms with Crippen LogP contribution >= 0.6 is 0 Å². The van der Waals surface area contributed by atoms with Crippen molar-refractivity contribution in [3.8, 4) is 0 Å². The van der Waals surface area contributed by atoms with Crippen LogP contribution in [0.1, 0.15) is 50.9 Å². The van der Waals surface area contributed by atoms with E-state index in [1.807, 2.05) is 4.90 Å². The first kappa shape index (κ1) is 17.3. The van der Waals surface area contributed by atoms with Crippen molar-refractivity contribution in [3.05, 3.63) is 24.2 Å². The van der Waals surface area contributed by atoms with Gasteiger partial charge in [-0.3, -0.25) is 4.90 Å². The van der Waals surface area contributed by atoms with Gasteiger partial charge in [-0.15, -0.1) is 0 Å². The van der Waals surface area contributed by atoms with Gasteiger partial charge in [-0.25, -0.2) is 4.79 Å². The highest BCUT2D eigenvalue weighted by atomic mass is 16.4. The van der Waals surface area contributed by atoms with E-state index in [0.29, 0.717) is 30.8 Å². The second kappa shape index (κ2) is 7.57. The second-order valence-corrected chi connectivity index (χ2v) is 7.19. The fourth-order valence-corrected chi connectivity index (χ4v) is 3.53. The van der Waals surface area contributed by atoms with E-state index < -0.39 is 6.10 Å². The third kappa shape index (κ3) is 4.11. The summed E-state index contributed by atoms with van der Waals surface area (Å²) in [6.07, 6.45) is 5.90. The van der Waals surface area contributed by atoms with Crippen molar-refractivity contribution >= 4 is 6.03 Å². The number of hydrogen-bond donors (Lipinski definition) is 2. The number of nitrogens with one attached hydrogen (secondary N) is 1. The number of hydrogen-bond acceptors (Lipinski definition) is 4. The number of urea groups is 1. The highest BCUT2D eigenvalue weighted by Gasteiger charge is 2.32. The average molecular weight is 335 g/mol. The van der Waals surface area contributed by atoms with Crippen molar-refractivity contribution in [2.75, 3.05) is 20.1 Å². The molecule has 1 aromatic rings. The van der Waals surface area contributed by atoms with E-state index in [1.165, 1.54) is 12.8 Å². The molecular weight excluding hydrogens is 306 g/mol. The Hall–Kier alpha value is -1.53. The van der Waals surface area contributed by atoms with Gasteiger partial charge < -0.3 is 19.7 Å². The van der Waals surface area contributed by atoms with Gasteiger partial charge in [0.25, 0.3) is 0 Å². The summed E-state index contributed by atoms with van der Waals surface area (Å²) in [5, 5.41) is 13.3. The van der Waals surface area contributed by atoms with Crippen molar-refractivity contribution in [3.63, 3.8) is 0 Å². The molecule has 2 heterocycles. The number of likely N-dealkylation sites (N-methyl/N-ethyl adjacent to an activating group) is 1. The van der Waals surface area contributed by atoms with Crippen molar-refractivity contribution in [1.29, 1.82) is 0 Å². The first-order chi connectivity index (χ1) is 11.6. The van der Waals surface area contributed by atoms with E-state index in [0.717, 1.165) is 19.4 Å². The van der Waals surface area contributed by atoms with Gasteiger partial charge >= 0.3 is 6.03 Å². The van der Waals surface area contributed by atoms with E-state index in [4.69, 9.17) is 4.42 Å². The van der Waals surface area contributed by atoms with Gasteiger partial charge in [-0.2, -0.15) is 0 Å². The minimum Gasteiger partial charge on any atom is -0.467 e. The Kier molecular flexibility index (Phi) is 5.46. The highest BCUT2D eigenvalue weighted by Crippen LogP contribution is 2.28. The highest BCUT2D eigenvalue weighted by molar-refractivity contribution is 5.74. The molecule has 134 valence electrons. The first-order valence-corrected chi connectivity index (χ1v) is 9.04. The summed E-state index contributed by atoms with van der Waals surface area (Å²) in [6, 6.07) is 4.65. The number of amides is 2. The van der Waals surface area contributed by atoms with Crippen LogP contribution in [0.5, 0.6) is 0 Å². The Morgan fingerprint density at radius 1 is 1.50 bits per heavy atom. The van der Waals surface area contributed by atoms with Crippen LogP contribution in [0.4, 0.5) is 4.79 Å². The van der Waals surface area contributed by atoms with Gasteiger partial charge in [0.1, 0.15) is 11.9 Å². The van der Waals surface area contributed by atoms with E-state index in [2.05, 4.69) is 24.2 Å². The zero-order chi connectivity index (χ0) is 17.1. The van der Waals surface area contributed by atoms with Crippen LogP contribution in [0.15, 0.2) is 22.8 Å². The van der Waals surface area contributed by atoms with Crippen molar-refractivity contribution in [2.24, 2.45) is 0 Å². The standard InChI is InChI=1S/C18H29N3O3/c1-13(20(2)14-7-8-14)12-19-18(23)21-9-3-5-15(21)11-16(22)17-6-4-10-24-17/h4,6,10,13-16,22H,3,5,7-9,11-12H2,1-2H3,(H,19,23)/t13-,15-,16-/m1/s1. The van der Waals surface area contributed by atoms with Crippen molar-refractivity contribution in [2.45, 2.75) is 63.3 Å². The lowest BCUT2D eigenvalue weighted by Crippen LogP contribution is -2.48. The Labute approximate surface area is 143 Å². The second-order valence-electron chi connectivity index (χ2n) is 7.19. The number of rotatable bonds is 7. The molecular formula is C18H29N3O3. The van der Waals surface area contributed by atoms with Gasteiger partial charge in [-0.05, 0) is 51.8 Å². The third-order valence-corrected chi connectivity index (χ3v) is 5.37. The lowest BCUT2D eigenvalue weighted by Gasteiger charge is -2.29. The minimum absolute atomic E-state index is 0.0137. The Balaban J connectivity index is 1.48. The lowest BCUT2D eigenvalue weighted by atomic mass is 10.1. The summed E-state index contributed by atoms with van der Waals surface area (Å²) in [5.41, 5.74) is 0. The van der Waals surface area contributed by atoms with Crippen LogP contribution in [0.2, 0.25) is 0 Å². The topological polar surface area (TPSA) is 69.0 Å². The van der Waals surface area contributed by atoms with Gasteiger partial charge in [0, 0.05) is 37.6 Å². The van der Waals surface area contributed by atoms with E-state index >= 15 is 0 Å². The Morgan fingerprint density at radius 2 is 2.29 bits per heavy atom. The van der Waals surface area contributed by atoms with E-state index in [1.54, 1.807) is 18.4 Å². The maximum atomic E-state index is 12.5. The first-order valence-electron chi connectivity index (χ1n) is 9.04. The maximum Gasteiger partial charge on any atom is 0.317 e. The fourth-order valence-electron chi connectivity index (χ4n) is 3.53. The van der Waals surface area contributed by atoms with Gasteiger partial charge in [0.15, 0.2) is 0 Å². The molecule has 2 fully saturated rings. The quantitative estimate of drug-likeness (QED) is 0.803. The summed E-state index contributed by atoms with van der Waals surface area (Å²) < 4.78 is 5.26. The molecule has 6 heteroatoms. The molecule has 3 rings (SSSR count). The van der Waals surface area contributed by atoms with Crippen LogP contribution in [0, 0.1) is 0 Å². The predicted molar refractivity (Wildman–Crippen MR) is 91.7 cm³/mol. The van der Waals surface area contributed by atoms with Crippen LogP contribution < -0.4 is 5.32 Å². The minimum atomic E-state index is -0.654. The molecule has 3 atom stereocenters. The predicted octanol–water partition coefficient (Wildman–Crippen LogP) is 2.36. The smallest absolute Gasteiger partial charge is 0.317 e. The van der Waals surface area contributed by atoms with Crippen LogP contribution in [0.25, 0.3) is 0 Å². The SMILES string of the molecule is C[C@H](CNC(=O)N1CCC[C@@H]1C[C@@H](O)c1ccco1)N(C)C1CC1. The molecule has 0 bridgehead atoms. The lowest BCUT2D eigenvalue weighted by molar-refractivity contribution is 0.107. The maximum absolute atomic E-state index is 12.5. The third-order valence-electron chi connectivity index (χ3n) is 5.37. The largest absolute Gasteiger partial charge is 0.467 e. The average Bonchev–Trinajstić information content (AvgIpc) is 3.08. The molecule has 24 heavy (non-hydrogen) atoms. The number of likely N-dealkylation sites (tertiary alicyclic amines) is 1. The summed E-state index contributed by atoms with van der Waals surface area (Å²) in [4.78, 5) is 16.7. The van der Waals surface area contributed by atoms with E-state index in [-0.39, 0.29) is 12.1 Å². The number of furan rings is 1. The van der Waals surface area contributed by atoms with Crippen molar-refractivity contribution in [1.82, 2.24) is 15.1 Å². The van der Waals surface area contributed by atoms with Gasteiger partial charge in [-0.1, -0.05) is 0 Å². The molecule has 1 aliphatic carbocycles. The normalized spacial score (nSPS) is 23.5. The molecule has 1 saturated heterocycles. The molecule has 2 aliphatic rings. The number of aliphatic hydroxyl groups excluding tert-OH is 1. The molecule has 1 aliphatic heterocycles. The summed E-state index contributed by atoms with van der Waals surface area (Å²) in [5.74, 6) is 0.571. The van der Waals surface area contributed by atoms with Crippen LogP contribution in [-0.2, 0) is 0 Å². The molecule has 1 aromatic heterocycles. The summed E-state index contributed by atoms with van der Waals surface area (Å²) >= 11 is 0.